The molecular weight excluding hydrogens is 473 g/mol. The fourth-order valence-electron chi connectivity index (χ4n) is 3.50. The van der Waals surface area contributed by atoms with Gasteiger partial charge in [0.25, 0.3) is 0 Å². The number of benzene rings is 1. The molecule has 0 bridgehead atoms. The third-order valence-corrected chi connectivity index (χ3v) is 6.76. The van der Waals surface area contributed by atoms with Gasteiger partial charge in [-0.2, -0.15) is 13.2 Å². The molecule has 1 unspecified atom stereocenters. The molecule has 1 aromatic carbocycles. The fourth-order valence-corrected chi connectivity index (χ4v) is 4.31. The maximum atomic E-state index is 13.4. The molecule has 3 N–H and O–H groups in total. The molecule has 12 heteroatoms. The average Bonchev–Trinajstić information content (AvgIpc) is 2.79. The molecule has 1 aliphatic heterocycles. The van der Waals surface area contributed by atoms with Crippen LogP contribution in [0.3, 0.4) is 0 Å². The zero-order valence-electron chi connectivity index (χ0n) is 18.4. The highest BCUT2D eigenvalue weighted by molar-refractivity contribution is 7.96. The van der Waals surface area contributed by atoms with Crippen molar-refractivity contribution < 1.29 is 31.4 Å². The van der Waals surface area contributed by atoms with Gasteiger partial charge in [0.1, 0.15) is 5.82 Å². The van der Waals surface area contributed by atoms with E-state index in [1.807, 2.05) is 9.80 Å². The summed E-state index contributed by atoms with van der Waals surface area (Å²) in [5.74, 6) is 2.89. The Bertz CT molecular complexity index is 1140. The number of nitrogens with two attached hydrogens (primary N) is 1. The third-order valence-electron chi connectivity index (χ3n) is 5.48. The Morgan fingerprint density at radius 3 is 2.29 bits per heavy atom. The van der Waals surface area contributed by atoms with Gasteiger partial charge >= 0.3 is 6.18 Å². The highest BCUT2D eigenvalue weighted by Gasteiger charge is 2.55. The smallest absolute Gasteiger partial charge is 0.384 e. The van der Waals surface area contributed by atoms with Crippen molar-refractivity contribution in [1.29, 1.82) is 0 Å². The molecule has 1 fully saturated rings. The predicted octanol–water partition coefficient (Wildman–Crippen LogP) is 1.62. The average molecular weight is 499 g/mol. The van der Waals surface area contributed by atoms with Crippen LogP contribution in [-0.2, 0) is 20.2 Å². The molecule has 0 amide bonds. The maximum absolute atomic E-state index is 13.4. The van der Waals surface area contributed by atoms with Crippen LogP contribution in [-0.4, -0.2) is 76.0 Å². The van der Waals surface area contributed by atoms with E-state index in [2.05, 4.69) is 20.9 Å². The van der Waals surface area contributed by atoms with Gasteiger partial charge in [-0.3, -0.25) is 4.90 Å². The van der Waals surface area contributed by atoms with E-state index in [0.29, 0.717) is 26.2 Å². The molecule has 1 aromatic heterocycles. The van der Waals surface area contributed by atoms with E-state index in [9.17, 15) is 26.7 Å². The molecule has 8 nitrogen and oxygen atoms in total. The zero-order valence-corrected chi connectivity index (χ0v) is 19.2. The second kappa shape index (κ2) is 10.2. The summed E-state index contributed by atoms with van der Waals surface area (Å²) in [6.45, 7) is 1.70. The number of rotatable bonds is 6. The Morgan fingerprint density at radius 2 is 1.76 bits per heavy atom. The van der Waals surface area contributed by atoms with Crippen LogP contribution < -0.4 is 10.6 Å². The Kier molecular flexibility index (Phi) is 7.72. The van der Waals surface area contributed by atoms with Crippen LogP contribution in [0.2, 0.25) is 0 Å². The lowest BCUT2D eigenvalue weighted by molar-refractivity contribution is -0.280. The second-order valence-electron chi connectivity index (χ2n) is 7.80. The maximum Gasteiger partial charge on any atom is 0.423 e. The Morgan fingerprint density at radius 1 is 1.12 bits per heavy atom. The van der Waals surface area contributed by atoms with Crippen LogP contribution >= 0.6 is 0 Å². The normalized spacial score (nSPS) is 17.0. The van der Waals surface area contributed by atoms with Crippen LogP contribution in [0.15, 0.2) is 47.5 Å². The van der Waals surface area contributed by atoms with Gasteiger partial charge in [-0.25, -0.2) is 13.4 Å². The van der Waals surface area contributed by atoms with Crippen molar-refractivity contribution in [1.82, 2.24) is 9.88 Å². The largest absolute Gasteiger partial charge is 0.423 e. The Labute approximate surface area is 196 Å². The molecule has 0 saturated carbocycles. The lowest BCUT2D eigenvalue weighted by atomic mass is 9.93. The first-order valence-electron chi connectivity index (χ1n) is 10.3. The number of hydrogen-bond donors (Lipinski definition) is 2. The van der Waals surface area contributed by atoms with Crippen LogP contribution in [0.25, 0.3) is 0 Å². The standard InChI is InChI=1S/C22H25F3N4O4S/c1-33-16-21(30,22(23,24)25)17-3-5-18(6-4-17)29-12-10-28(11-13-29)9-2-14-34(31,32)19-7-8-20(26)27-15-19/h3-8,15,30H,9-13,16H2,1H3,(H2,26,27). The van der Waals surface area contributed by atoms with Crippen molar-refractivity contribution >= 4 is 21.3 Å². The molecule has 1 aliphatic rings. The summed E-state index contributed by atoms with van der Waals surface area (Å²) in [7, 11) is -2.69. The van der Waals surface area contributed by atoms with E-state index in [-0.39, 0.29) is 22.8 Å². The predicted molar refractivity (Wildman–Crippen MR) is 121 cm³/mol. The number of ether oxygens (including phenoxy) is 1. The molecule has 34 heavy (non-hydrogen) atoms. The number of pyridine rings is 1. The van der Waals surface area contributed by atoms with Gasteiger partial charge < -0.3 is 20.5 Å². The molecule has 2 aromatic rings. The molecule has 3 rings (SSSR count). The van der Waals surface area contributed by atoms with Crippen molar-refractivity contribution in [2.75, 3.05) is 57.1 Å². The molecule has 184 valence electrons. The summed E-state index contributed by atoms with van der Waals surface area (Å²) in [5.41, 5.74) is 2.80. The minimum absolute atomic E-state index is 0.0228. The number of nitrogens with zero attached hydrogens (tertiary/aromatic N) is 3. The van der Waals surface area contributed by atoms with Crippen LogP contribution in [0.5, 0.6) is 0 Å². The van der Waals surface area contributed by atoms with Gasteiger partial charge in [-0.15, -0.1) is 0 Å². The minimum Gasteiger partial charge on any atom is -0.384 e. The molecule has 0 spiro atoms. The quantitative estimate of drug-likeness (QED) is 0.457. The molecular formula is C22H25F3N4O4S. The second-order valence-corrected chi connectivity index (χ2v) is 9.48. The third kappa shape index (κ3) is 5.79. The van der Waals surface area contributed by atoms with E-state index in [4.69, 9.17) is 5.73 Å². The topological polar surface area (TPSA) is 109 Å². The van der Waals surface area contributed by atoms with Gasteiger partial charge in [0.2, 0.25) is 15.4 Å². The summed E-state index contributed by atoms with van der Waals surface area (Å²) in [6, 6.07) is 8.30. The molecule has 0 radical (unpaired) electrons. The number of sulfone groups is 1. The first-order valence-corrected chi connectivity index (χ1v) is 11.8. The van der Waals surface area contributed by atoms with Gasteiger partial charge in [0.15, 0.2) is 0 Å². The van der Waals surface area contributed by atoms with Gasteiger partial charge in [0, 0.05) is 50.4 Å². The zero-order chi connectivity index (χ0) is 25.0. The first kappa shape index (κ1) is 25.8. The number of alkyl halides is 3. The minimum atomic E-state index is -4.88. The first-order chi connectivity index (χ1) is 16.0. The highest BCUT2D eigenvalue weighted by atomic mass is 32.2. The summed E-state index contributed by atoms with van der Waals surface area (Å²) in [5, 5.41) is 12.4. The summed E-state index contributed by atoms with van der Waals surface area (Å²) in [4.78, 5) is 7.71. The van der Waals surface area contributed by atoms with Gasteiger partial charge in [-0.05, 0) is 29.8 Å². The number of nitrogen functional groups attached to an aromatic ring is 1. The molecule has 1 saturated heterocycles. The van der Waals surface area contributed by atoms with Gasteiger partial charge in [0.05, 0.1) is 18.0 Å². The number of hydrogen-bond acceptors (Lipinski definition) is 8. The molecule has 1 atom stereocenters. The van der Waals surface area contributed by atoms with E-state index >= 15 is 0 Å². The number of aliphatic hydroxyl groups is 1. The van der Waals surface area contributed by atoms with Crippen molar-refractivity contribution in [3.8, 4) is 11.2 Å². The van der Waals surface area contributed by atoms with E-state index in [0.717, 1.165) is 19.0 Å². The Hall–Kier alpha value is -2.85. The van der Waals surface area contributed by atoms with Crippen molar-refractivity contribution in [2.45, 2.75) is 16.7 Å². The molecule has 0 aliphatic carbocycles. The van der Waals surface area contributed by atoms with E-state index < -0.39 is 28.2 Å². The number of anilines is 2. The van der Waals surface area contributed by atoms with Crippen molar-refractivity contribution in [3.05, 3.63) is 48.2 Å². The van der Waals surface area contributed by atoms with Crippen LogP contribution in [0, 0.1) is 11.2 Å². The number of piperazine rings is 1. The monoisotopic (exact) mass is 498 g/mol. The number of methoxy groups -OCH3 is 1. The summed E-state index contributed by atoms with van der Waals surface area (Å²) < 4.78 is 69.2. The Balaban J connectivity index is 1.58. The molecule has 2 heterocycles. The lowest BCUT2D eigenvalue weighted by Gasteiger charge is -2.35. The number of aromatic nitrogens is 1. The lowest BCUT2D eigenvalue weighted by Crippen LogP contribution is -2.47. The highest BCUT2D eigenvalue weighted by Crippen LogP contribution is 2.39. The van der Waals surface area contributed by atoms with Crippen molar-refractivity contribution in [2.24, 2.45) is 0 Å². The number of halogens is 3. The summed E-state index contributed by atoms with van der Waals surface area (Å²) in [6.07, 6.45) is -3.72. The van der Waals surface area contributed by atoms with E-state index in [1.54, 1.807) is 0 Å². The van der Waals surface area contributed by atoms with E-state index in [1.165, 1.54) is 36.4 Å². The van der Waals surface area contributed by atoms with Crippen molar-refractivity contribution in [3.63, 3.8) is 0 Å². The summed E-state index contributed by atoms with van der Waals surface area (Å²) >= 11 is 0. The van der Waals surface area contributed by atoms with Crippen LogP contribution in [0.1, 0.15) is 5.56 Å². The fraction of sp³-hybridized carbons (Fsp3) is 0.409. The SMILES string of the molecule is COCC(O)(c1ccc(N2CCN(CC#CS(=O)(=O)c3ccc(N)nc3)CC2)cc1)C(F)(F)F. The van der Waals surface area contributed by atoms with Gasteiger partial charge in [-0.1, -0.05) is 18.1 Å². The van der Waals surface area contributed by atoms with Crippen LogP contribution in [0.4, 0.5) is 24.7 Å².